The van der Waals surface area contributed by atoms with Gasteiger partial charge in [-0.15, -0.1) is 5.10 Å². The van der Waals surface area contributed by atoms with Crippen LogP contribution in [-0.2, 0) is 0 Å². The van der Waals surface area contributed by atoms with E-state index in [1.807, 2.05) is 38.1 Å². The molecular weight excluding hydrogens is 284 g/mol. The second kappa shape index (κ2) is 6.97. The van der Waals surface area contributed by atoms with Crippen molar-refractivity contribution in [3.8, 4) is 11.8 Å². The Morgan fingerprint density at radius 3 is 2.71 bits per heavy atom. The van der Waals surface area contributed by atoms with Gasteiger partial charge in [0.1, 0.15) is 4.88 Å². The Labute approximate surface area is 127 Å². The van der Waals surface area contributed by atoms with Gasteiger partial charge in [0.2, 0.25) is 0 Å². The summed E-state index contributed by atoms with van der Waals surface area (Å²) in [5, 5.41) is 6.85. The smallest absolute Gasteiger partial charge is 0.269 e. The van der Waals surface area contributed by atoms with Crippen LogP contribution in [0.15, 0.2) is 24.3 Å². The standard InChI is InChI=1S/C15H16N4OS/c1-10(2)13-14(21-19-18-13)15(20)17-12-7-5-11(6-8-12)4-3-9-16/h5-8,10H,9,16H2,1-2H3,(H,17,20). The van der Waals surface area contributed by atoms with Crippen molar-refractivity contribution in [1.29, 1.82) is 0 Å². The molecule has 21 heavy (non-hydrogen) atoms. The van der Waals surface area contributed by atoms with Crippen LogP contribution >= 0.6 is 11.5 Å². The van der Waals surface area contributed by atoms with E-state index in [2.05, 4.69) is 26.7 Å². The molecule has 0 saturated carbocycles. The van der Waals surface area contributed by atoms with Crippen LogP contribution in [0.3, 0.4) is 0 Å². The van der Waals surface area contributed by atoms with E-state index in [1.165, 1.54) is 0 Å². The number of aromatic nitrogens is 2. The number of nitrogens with zero attached hydrogens (tertiary/aromatic N) is 2. The molecule has 1 aromatic carbocycles. The minimum atomic E-state index is -0.186. The zero-order valence-corrected chi connectivity index (χ0v) is 12.7. The summed E-state index contributed by atoms with van der Waals surface area (Å²) in [7, 11) is 0. The zero-order valence-electron chi connectivity index (χ0n) is 11.9. The summed E-state index contributed by atoms with van der Waals surface area (Å²) in [6, 6.07) is 7.29. The lowest BCUT2D eigenvalue weighted by atomic mass is 10.1. The van der Waals surface area contributed by atoms with Crippen LogP contribution in [0, 0.1) is 11.8 Å². The van der Waals surface area contributed by atoms with Gasteiger partial charge in [0.05, 0.1) is 12.2 Å². The first-order valence-corrected chi connectivity index (χ1v) is 7.31. The third-order valence-corrected chi connectivity index (χ3v) is 3.48. The predicted octanol–water partition coefficient (Wildman–Crippen LogP) is 2.22. The average Bonchev–Trinajstić information content (AvgIpc) is 2.96. The number of carbonyl (C=O) groups excluding carboxylic acids is 1. The van der Waals surface area contributed by atoms with Gasteiger partial charge in [0.15, 0.2) is 0 Å². The highest BCUT2D eigenvalue weighted by molar-refractivity contribution is 7.08. The Bertz CT molecular complexity index is 680. The summed E-state index contributed by atoms with van der Waals surface area (Å²) in [6.45, 7) is 4.30. The zero-order chi connectivity index (χ0) is 15.2. The summed E-state index contributed by atoms with van der Waals surface area (Å²) in [5.74, 6) is 5.69. The molecule has 0 unspecified atom stereocenters. The minimum absolute atomic E-state index is 0.165. The summed E-state index contributed by atoms with van der Waals surface area (Å²) in [5.41, 5.74) is 7.62. The number of anilines is 1. The maximum atomic E-state index is 12.2. The lowest BCUT2D eigenvalue weighted by Crippen LogP contribution is -2.13. The molecule has 0 aliphatic heterocycles. The summed E-state index contributed by atoms with van der Waals surface area (Å²) >= 11 is 1.11. The normalized spacial score (nSPS) is 10.1. The number of carbonyl (C=O) groups is 1. The SMILES string of the molecule is CC(C)c1nnsc1C(=O)Nc1ccc(C#CCN)cc1. The Kier molecular flexibility index (Phi) is 5.04. The number of benzene rings is 1. The van der Waals surface area contributed by atoms with E-state index in [9.17, 15) is 4.79 Å². The molecule has 6 heteroatoms. The Balaban J connectivity index is 2.11. The highest BCUT2D eigenvalue weighted by atomic mass is 32.1. The first-order chi connectivity index (χ1) is 10.1. The second-order valence-electron chi connectivity index (χ2n) is 4.68. The molecule has 1 amide bonds. The number of rotatable bonds is 3. The third kappa shape index (κ3) is 3.88. The van der Waals surface area contributed by atoms with E-state index in [0.717, 1.165) is 22.8 Å². The molecule has 3 N–H and O–H groups in total. The molecule has 108 valence electrons. The van der Waals surface area contributed by atoms with Gasteiger partial charge in [-0.1, -0.05) is 30.2 Å². The van der Waals surface area contributed by atoms with Crippen molar-refractivity contribution in [3.63, 3.8) is 0 Å². The van der Waals surface area contributed by atoms with Crippen LogP contribution in [0.4, 0.5) is 5.69 Å². The maximum absolute atomic E-state index is 12.2. The molecule has 0 aliphatic rings. The molecular formula is C15H16N4OS. The fourth-order valence-electron chi connectivity index (χ4n) is 1.71. The summed E-state index contributed by atoms with van der Waals surface area (Å²) in [4.78, 5) is 12.8. The maximum Gasteiger partial charge on any atom is 0.269 e. The van der Waals surface area contributed by atoms with E-state index >= 15 is 0 Å². The van der Waals surface area contributed by atoms with Crippen LogP contribution in [-0.4, -0.2) is 22.0 Å². The first-order valence-electron chi connectivity index (χ1n) is 6.54. The predicted molar refractivity (Wildman–Crippen MR) is 84.3 cm³/mol. The van der Waals surface area contributed by atoms with Crippen LogP contribution in [0.5, 0.6) is 0 Å². The van der Waals surface area contributed by atoms with E-state index in [0.29, 0.717) is 17.1 Å². The van der Waals surface area contributed by atoms with E-state index in [1.54, 1.807) is 0 Å². The van der Waals surface area contributed by atoms with Gasteiger partial charge in [-0.05, 0) is 41.7 Å². The van der Waals surface area contributed by atoms with Crippen molar-refractivity contribution in [3.05, 3.63) is 40.4 Å². The first kappa shape index (κ1) is 15.2. The average molecular weight is 300 g/mol. The van der Waals surface area contributed by atoms with Gasteiger partial charge in [0.25, 0.3) is 5.91 Å². The quantitative estimate of drug-likeness (QED) is 0.852. The van der Waals surface area contributed by atoms with Crippen LogP contribution in [0.2, 0.25) is 0 Å². The van der Waals surface area contributed by atoms with Gasteiger partial charge < -0.3 is 11.1 Å². The lowest BCUT2D eigenvalue weighted by Gasteiger charge is -2.06. The highest BCUT2D eigenvalue weighted by Gasteiger charge is 2.18. The molecule has 0 saturated heterocycles. The molecule has 1 aromatic heterocycles. The Morgan fingerprint density at radius 1 is 1.38 bits per heavy atom. The van der Waals surface area contributed by atoms with Crippen molar-refractivity contribution in [1.82, 2.24) is 9.59 Å². The van der Waals surface area contributed by atoms with Gasteiger partial charge in [-0.25, -0.2) is 0 Å². The van der Waals surface area contributed by atoms with Gasteiger partial charge in [-0.3, -0.25) is 4.79 Å². The molecule has 1 heterocycles. The van der Waals surface area contributed by atoms with Crippen molar-refractivity contribution in [2.24, 2.45) is 5.73 Å². The van der Waals surface area contributed by atoms with Gasteiger partial charge in [-0.2, -0.15) is 0 Å². The fraction of sp³-hybridized carbons (Fsp3) is 0.267. The number of nitrogens with two attached hydrogens (primary N) is 1. The molecule has 0 aliphatic carbocycles. The monoisotopic (exact) mass is 300 g/mol. The highest BCUT2D eigenvalue weighted by Crippen LogP contribution is 2.21. The number of hydrogen-bond acceptors (Lipinski definition) is 5. The second-order valence-corrected chi connectivity index (χ2v) is 5.43. The van der Waals surface area contributed by atoms with Crippen LogP contribution in [0.1, 0.15) is 40.7 Å². The summed E-state index contributed by atoms with van der Waals surface area (Å²) in [6.07, 6.45) is 0. The van der Waals surface area contributed by atoms with Crippen molar-refractivity contribution >= 4 is 23.1 Å². The molecule has 0 bridgehead atoms. The van der Waals surface area contributed by atoms with Gasteiger partial charge in [0, 0.05) is 11.3 Å². The van der Waals surface area contributed by atoms with Crippen molar-refractivity contribution < 1.29 is 4.79 Å². The molecule has 0 radical (unpaired) electrons. The molecule has 2 aromatic rings. The van der Waals surface area contributed by atoms with Gasteiger partial charge >= 0.3 is 0 Å². The van der Waals surface area contributed by atoms with E-state index in [-0.39, 0.29) is 11.8 Å². The fourth-order valence-corrected chi connectivity index (χ4v) is 2.43. The van der Waals surface area contributed by atoms with Crippen molar-refractivity contribution in [2.75, 3.05) is 11.9 Å². The molecule has 0 atom stereocenters. The largest absolute Gasteiger partial charge is 0.321 e. The van der Waals surface area contributed by atoms with E-state index in [4.69, 9.17) is 5.73 Å². The molecule has 5 nitrogen and oxygen atoms in total. The van der Waals surface area contributed by atoms with Crippen LogP contribution < -0.4 is 11.1 Å². The third-order valence-electron chi connectivity index (χ3n) is 2.74. The van der Waals surface area contributed by atoms with Crippen molar-refractivity contribution in [2.45, 2.75) is 19.8 Å². The van der Waals surface area contributed by atoms with E-state index < -0.39 is 0 Å². The number of nitrogens with one attached hydrogen (secondary N) is 1. The number of hydrogen-bond donors (Lipinski definition) is 2. The number of amides is 1. The lowest BCUT2D eigenvalue weighted by molar-refractivity contribution is 0.102. The van der Waals surface area contributed by atoms with Crippen LogP contribution in [0.25, 0.3) is 0 Å². The Hall–Kier alpha value is -2.23. The topological polar surface area (TPSA) is 80.9 Å². The summed E-state index contributed by atoms with van der Waals surface area (Å²) < 4.78 is 3.85. The molecule has 2 rings (SSSR count). The minimum Gasteiger partial charge on any atom is -0.321 e. The molecule has 0 spiro atoms. The Morgan fingerprint density at radius 2 is 2.10 bits per heavy atom. The molecule has 0 fully saturated rings.